The number of fused-ring (bicyclic) bond motifs is 1. The van der Waals surface area contributed by atoms with Crippen molar-refractivity contribution in [1.29, 1.82) is 0 Å². The maximum Gasteiger partial charge on any atom is 0.300 e. The summed E-state index contributed by atoms with van der Waals surface area (Å²) in [4.78, 5) is 28.7. The second-order valence-corrected chi connectivity index (χ2v) is 12.2. The molecule has 40 heavy (non-hydrogen) atoms. The Kier molecular flexibility index (Phi) is 6.65. The Morgan fingerprint density at radius 1 is 0.875 bits per heavy atom. The molecule has 1 atom stereocenters. The van der Waals surface area contributed by atoms with Gasteiger partial charge in [-0.3, -0.25) is 14.5 Å². The van der Waals surface area contributed by atoms with Gasteiger partial charge in [0, 0.05) is 22.9 Å². The molecule has 7 nitrogen and oxygen atoms in total. The highest BCUT2D eigenvalue weighted by atomic mass is 16.7. The molecule has 0 spiro atoms. The van der Waals surface area contributed by atoms with Gasteiger partial charge in [0.15, 0.2) is 11.5 Å². The molecule has 2 heterocycles. The van der Waals surface area contributed by atoms with Crippen LogP contribution < -0.4 is 19.1 Å². The largest absolute Gasteiger partial charge is 0.507 e. The molecule has 0 aromatic heterocycles. The number of Topliss-reactive ketones (excluding diaryl/α,β-unsaturated/α-hetero) is 1. The molecular formula is C33H35NO6. The van der Waals surface area contributed by atoms with Crippen molar-refractivity contribution in [1.82, 2.24) is 0 Å². The first-order valence-electron chi connectivity index (χ1n) is 13.3. The number of carbonyl (C=O) groups is 2. The normalized spacial score (nSPS) is 18.4. The SMILES string of the molecule is COc1ccc(/C(O)=C2\C(=O)C(=O)N(c3ccc4c(c3)OCO4)C2c2ccc(C(C)(C)C)cc2)cc1C(C)(C)C. The highest BCUT2D eigenvalue weighted by Gasteiger charge is 2.47. The van der Waals surface area contributed by atoms with Crippen LogP contribution >= 0.6 is 0 Å². The van der Waals surface area contributed by atoms with E-state index < -0.39 is 17.7 Å². The quantitative estimate of drug-likeness (QED) is 0.226. The van der Waals surface area contributed by atoms with Crippen LogP contribution in [0.25, 0.3) is 5.76 Å². The Balaban J connectivity index is 1.71. The average Bonchev–Trinajstić information content (AvgIpc) is 3.48. The average molecular weight is 542 g/mol. The van der Waals surface area contributed by atoms with E-state index in [-0.39, 0.29) is 29.0 Å². The van der Waals surface area contributed by atoms with E-state index in [1.54, 1.807) is 37.4 Å². The molecule has 3 aromatic carbocycles. The third kappa shape index (κ3) is 4.70. The summed E-state index contributed by atoms with van der Waals surface area (Å²) in [7, 11) is 1.60. The minimum atomic E-state index is -0.852. The number of ether oxygens (including phenoxy) is 3. The Morgan fingerprint density at radius 3 is 2.17 bits per heavy atom. The van der Waals surface area contributed by atoms with E-state index in [9.17, 15) is 14.7 Å². The Morgan fingerprint density at radius 2 is 1.55 bits per heavy atom. The lowest BCUT2D eigenvalue weighted by molar-refractivity contribution is -0.132. The molecule has 1 unspecified atom stereocenters. The van der Waals surface area contributed by atoms with E-state index in [4.69, 9.17) is 14.2 Å². The maximum atomic E-state index is 13.7. The standard InChI is InChI=1S/C33H35NO6/c1-32(2,3)21-11-8-19(9-12-21)28-27(29(35)20-10-14-24(38-7)23(16-20)33(4,5)6)30(36)31(37)34(28)22-13-15-25-26(17-22)40-18-39-25/h8-17,28,35H,18H2,1-7H3/b29-27+. The molecule has 1 fully saturated rings. The van der Waals surface area contributed by atoms with Gasteiger partial charge < -0.3 is 19.3 Å². The van der Waals surface area contributed by atoms with Crippen LogP contribution in [0.4, 0.5) is 5.69 Å². The fourth-order valence-electron chi connectivity index (χ4n) is 5.21. The molecular weight excluding hydrogens is 506 g/mol. The number of ketones is 1. The van der Waals surface area contributed by atoms with Gasteiger partial charge in [-0.05, 0) is 52.3 Å². The monoisotopic (exact) mass is 541 g/mol. The van der Waals surface area contributed by atoms with E-state index in [0.717, 1.165) is 11.1 Å². The van der Waals surface area contributed by atoms with E-state index in [1.165, 1.54) is 4.90 Å². The number of rotatable bonds is 4. The number of hydrogen-bond donors (Lipinski definition) is 1. The first kappa shape index (κ1) is 27.3. The van der Waals surface area contributed by atoms with Gasteiger partial charge in [-0.15, -0.1) is 0 Å². The topological polar surface area (TPSA) is 85.3 Å². The smallest absolute Gasteiger partial charge is 0.300 e. The molecule has 5 rings (SSSR count). The summed E-state index contributed by atoms with van der Waals surface area (Å²) >= 11 is 0. The van der Waals surface area contributed by atoms with Gasteiger partial charge in [0.05, 0.1) is 18.7 Å². The van der Waals surface area contributed by atoms with Gasteiger partial charge in [0.2, 0.25) is 6.79 Å². The maximum absolute atomic E-state index is 13.7. The molecule has 1 amide bonds. The molecule has 0 radical (unpaired) electrons. The Hall–Kier alpha value is -4.26. The number of amides is 1. The lowest BCUT2D eigenvalue weighted by Gasteiger charge is -2.27. The zero-order chi connectivity index (χ0) is 29.0. The van der Waals surface area contributed by atoms with Gasteiger partial charge in [0.25, 0.3) is 11.7 Å². The zero-order valence-corrected chi connectivity index (χ0v) is 24.0. The summed E-state index contributed by atoms with van der Waals surface area (Å²) in [6.45, 7) is 12.6. The number of aliphatic hydroxyl groups is 1. The highest BCUT2D eigenvalue weighted by molar-refractivity contribution is 6.51. The summed E-state index contributed by atoms with van der Waals surface area (Å²) in [5.74, 6) is 0.0208. The Bertz CT molecular complexity index is 1520. The van der Waals surface area contributed by atoms with Crippen LogP contribution in [0.15, 0.2) is 66.2 Å². The van der Waals surface area contributed by atoms with Crippen LogP contribution in [0.3, 0.4) is 0 Å². The lowest BCUT2D eigenvalue weighted by Crippen LogP contribution is -2.29. The molecule has 0 aliphatic carbocycles. The predicted molar refractivity (Wildman–Crippen MR) is 154 cm³/mol. The summed E-state index contributed by atoms with van der Waals surface area (Å²) in [5, 5.41) is 11.7. The fraction of sp³-hybridized carbons (Fsp3) is 0.333. The molecule has 2 aliphatic heterocycles. The van der Waals surface area contributed by atoms with Gasteiger partial charge >= 0.3 is 0 Å². The van der Waals surface area contributed by atoms with Crippen molar-refractivity contribution in [3.8, 4) is 17.2 Å². The number of carbonyl (C=O) groups excluding carboxylic acids is 2. The zero-order valence-electron chi connectivity index (χ0n) is 24.0. The van der Waals surface area contributed by atoms with E-state index >= 15 is 0 Å². The number of nitrogens with zero attached hydrogens (tertiary/aromatic N) is 1. The molecule has 1 N–H and O–H groups in total. The van der Waals surface area contributed by atoms with Crippen LogP contribution in [-0.2, 0) is 20.4 Å². The third-order valence-corrected chi connectivity index (χ3v) is 7.45. The van der Waals surface area contributed by atoms with E-state index in [1.807, 2.05) is 51.1 Å². The highest BCUT2D eigenvalue weighted by Crippen LogP contribution is 2.45. The third-order valence-electron chi connectivity index (χ3n) is 7.45. The lowest BCUT2D eigenvalue weighted by atomic mass is 9.84. The summed E-state index contributed by atoms with van der Waals surface area (Å²) in [5.41, 5.74) is 3.25. The van der Waals surface area contributed by atoms with Crippen LogP contribution in [0.1, 0.15) is 69.8 Å². The first-order valence-corrected chi connectivity index (χ1v) is 13.3. The van der Waals surface area contributed by atoms with Crippen molar-refractivity contribution in [2.45, 2.75) is 58.4 Å². The van der Waals surface area contributed by atoms with Crippen LogP contribution in [0.5, 0.6) is 17.2 Å². The van der Waals surface area contributed by atoms with Crippen molar-refractivity contribution in [2.75, 3.05) is 18.8 Å². The Labute approximate surface area is 235 Å². The summed E-state index contributed by atoms with van der Waals surface area (Å²) in [6.07, 6.45) is 0. The van der Waals surface area contributed by atoms with Gasteiger partial charge in [0.1, 0.15) is 11.5 Å². The van der Waals surface area contributed by atoms with Gasteiger partial charge in [-0.1, -0.05) is 65.8 Å². The van der Waals surface area contributed by atoms with Crippen LogP contribution in [0, 0.1) is 0 Å². The second kappa shape index (κ2) is 9.73. The number of hydrogen-bond acceptors (Lipinski definition) is 6. The second-order valence-electron chi connectivity index (χ2n) is 12.2. The van der Waals surface area contributed by atoms with Crippen molar-refractivity contribution >= 4 is 23.1 Å². The summed E-state index contributed by atoms with van der Waals surface area (Å²) in [6, 6.07) is 17.4. The van der Waals surface area contributed by atoms with E-state index in [0.29, 0.717) is 34.1 Å². The predicted octanol–water partition coefficient (Wildman–Crippen LogP) is 6.65. The molecule has 2 aliphatic rings. The molecule has 0 bridgehead atoms. The van der Waals surface area contributed by atoms with Crippen LogP contribution in [0.2, 0.25) is 0 Å². The fourth-order valence-corrected chi connectivity index (χ4v) is 5.21. The molecule has 7 heteroatoms. The first-order chi connectivity index (χ1) is 18.8. The molecule has 1 saturated heterocycles. The van der Waals surface area contributed by atoms with Crippen LogP contribution in [-0.4, -0.2) is 30.7 Å². The number of benzene rings is 3. The molecule has 0 saturated carbocycles. The number of methoxy groups -OCH3 is 1. The molecule has 208 valence electrons. The van der Waals surface area contributed by atoms with E-state index in [2.05, 4.69) is 20.8 Å². The van der Waals surface area contributed by atoms with Crippen molar-refractivity contribution in [3.63, 3.8) is 0 Å². The van der Waals surface area contributed by atoms with Crippen molar-refractivity contribution in [3.05, 3.63) is 88.5 Å². The number of aliphatic hydroxyl groups excluding tert-OH is 1. The molecule has 3 aromatic rings. The minimum Gasteiger partial charge on any atom is -0.507 e. The number of anilines is 1. The van der Waals surface area contributed by atoms with Gasteiger partial charge in [-0.25, -0.2) is 0 Å². The van der Waals surface area contributed by atoms with Crippen molar-refractivity contribution in [2.24, 2.45) is 0 Å². The minimum absolute atomic E-state index is 0.0243. The summed E-state index contributed by atoms with van der Waals surface area (Å²) < 4.78 is 16.6. The van der Waals surface area contributed by atoms with Gasteiger partial charge in [-0.2, -0.15) is 0 Å². The van der Waals surface area contributed by atoms with Crippen molar-refractivity contribution < 1.29 is 28.9 Å².